The van der Waals surface area contributed by atoms with Crippen LogP contribution in [0.4, 0.5) is 0 Å². The summed E-state index contributed by atoms with van der Waals surface area (Å²) in [6, 6.07) is 0. The SMILES string of the molecule is Cl.OCl.[Ca+2].[H-].[H-].[H-].[Na+]. The van der Waals surface area contributed by atoms with E-state index in [4.69, 9.17) is 4.66 Å². The Hall–Kier alpha value is 2.80. The van der Waals surface area contributed by atoms with Crippen LogP contribution in [0.2, 0.25) is 0 Å². The summed E-state index contributed by atoms with van der Waals surface area (Å²) in [5.41, 5.74) is 0. The van der Waals surface area contributed by atoms with Gasteiger partial charge in [0.2, 0.25) is 0 Å². The first-order valence-electron chi connectivity index (χ1n) is 0.169. The van der Waals surface area contributed by atoms with Gasteiger partial charge in [-0.2, -0.15) is 0 Å². The molecule has 0 heterocycles. The first-order valence-corrected chi connectivity index (χ1v) is 0.507. The average molecular weight is 155 g/mol. The molecule has 0 radical (unpaired) electrons. The summed E-state index contributed by atoms with van der Waals surface area (Å²) >= 11 is 3.64. The van der Waals surface area contributed by atoms with E-state index in [0.29, 0.717) is 0 Å². The molecule has 0 aliphatic carbocycles. The van der Waals surface area contributed by atoms with Gasteiger partial charge in [0, 0.05) is 0 Å². The van der Waals surface area contributed by atoms with Crippen molar-refractivity contribution in [2.75, 3.05) is 0 Å². The maximum absolute atomic E-state index is 6.47. The summed E-state index contributed by atoms with van der Waals surface area (Å²) in [6.45, 7) is 0. The molecule has 1 nitrogen and oxygen atoms in total. The van der Waals surface area contributed by atoms with Crippen molar-refractivity contribution in [3.63, 3.8) is 0 Å². The minimum absolute atomic E-state index is 0. The van der Waals surface area contributed by atoms with Crippen LogP contribution in [0.3, 0.4) is 0 Å². The molecule has 5 heteroatoms. The molecule has 0 saturated carbocycles. The zero-order valence-corrected chi connectivity index (χ0v) is 8.72. The van der Waals surface area contributed by atoms with Crippen LogP contribution in [-0.2, 0) is 0 Å². The molecule has 0 amide bonds. The minimum atomic E-state index is 0. The molecule has 28 valence electrons. The molecule has 1 N–H and O–H groups in total. The van der Waals surface area contributed by atoms with E-state index in [1.54, 1.807) is 0 Å². The molecule has 0 rings (SSSR count). The normalized spacial score (nSPS) is 1.20. The molecule has 0 aliphatic rings. The molecule has 0 aromatic rings. The van der Waals surface area contributed by atoms with Crippen molar-refractivity contribution < 1.29 is 38.5 Å². The Morgan fingerprint density at radius 2 is 1.40 bits per heavy atom. The van der Waals surface area contributed by atoms with Crippen LogP contribution in [0.5, 0.6) is 0 Å². The van der Waals surface area contributed by atoms with Crippen molar-refractivity contribution in [3.8, 4) is 0 Å². The van der Waals surface area contributed by atoms with Crippen molar-refractivity contribution >= 4 is 62.0 Å². The van der Waals surface area contributed by atoms with Gasteiger partial charge >= 0.3 is 67.3 Å². The molecule has 0 bridgehead atoms. The van der Waals surface area contributed by atoms with E-state index in [1.165, 1.54) is 0 Å². The summed E-state index contributed by atoms with van der Waals surface area (Å²) in [7, 11) is 0. The van der Waals surface area contributed by atoms with Crippen molar-refractivity contribution in [1.82, 2.24) is 0 Å². The molecule has 0 aliphatic heterocycles. The predicted octanol–water partition coefficient (Wildman–Crippen LogP) is -2.48. The third-order valence-corrected chi connectivity index (χ3v) is 0. The Bertz CT molecular complexity index is 17.2. The van der Waals surface area contributed by atoms with Crippen LogP contribution in [0.1, 0.15) is 4.28 Å². The Balaban J connectivity index is -0.000000000333. The number of hydrogen-bond donors (Lipinski definition) is 1. The fourth-order valence-corrected chi connectivity index (χ4v) is 0. The van der Waals surface area contributed by atoms with Gasteiger partial charge in [-0.15, -0.1) is 12.4 Å². The standard InChI is InChI=1S/Ca.ClHO.ClH.Na.3H/c;1-2;;;;;/h;2H;1H;;;;/q+2;;;+1;3*-1. The second kappa shape index (κ2) is 29.2. The Kier molecular flexibility index (Phi) is 146. The van der Waals surface area contributed by atoms with Gasteiger partial charge in [0.25, 0.3) is 0 Å². The Morgan fingerprint density at radius 3 is 1.40 bits per heavy atom. The van der Waals surface area contributed by atoms with Crippen LogP contribution in [0.25, 0.3) is 0 Å². The van der Waals surface area contributed by atoms with Gasteiger partial charge in [0.05, 0.1) is 11.9 Å². The fraction of sp³-hybridized carbons (Fsp3) is 0. The maximum atomic E-state index is 6.47. The third-order valence-electron chi connectivity index (χ3n) is 0. The van der Waals surface area contributed by atoms with Crippen molar-refractivity contribution in [3.05, 3.63) is 0 Å². The monoisotopic (exact) mass is 154 g/mol. The van der Waals surface area contributed by atoms with Gasteiger partial charge in [-0.3, -0.25) is 4.66 Å². The van der Waals surface area contributed by atoms with E-state index in [-0.39, 0.29) is 84.0 Å². The van der Waals surface area contributed by atoms with Crippen LogP contribution in [-0.4, -0.2) is 42.4 Å². The summed E-state index contributed by atoms with van der Waals surface area (Å²) in [5, 5.41) is 0. The van der Waals surface area contributed by atoms with E-state index < -0.39 is 0 Å². The summed E-state index contributed by atoms with van der Waals surface area (Å²) in [5.74, 6) is 0. The zero-order chi connectivity index (χ0) is 2.00. The van der Waals surface area contributed by atoms with Crippen LogP contribution in [0, 0.1) is 0 Å². The van der Waals surface area contributed by atoms with Crippen LogP contribution < -0.4 is 29.6 Å². The Labute approximate surface area is 98.8 Å². The second-order valence-corrected chi connectivity index (χ2v) is 0. The number of rotatable bonds is 0. The van der Waals surface area contributed by atoms with Crippen LogP contribution >= 0.6 is 24.3 Å². The molecule has 0 aromatic heterocycles. The first-order chi connectivity index (χ1) is 1.00. The summed E-state index contributed by atoms with van der Waals surface area (Å²) < 4.78 is 6.47. The topological polar surface area (TPSA) is 20.2 Å². The molecule has 0 unspecified atom stereocenters. The first kappa shape index (κ1) is 25.0. The summed E-state index contributed by atoms with van der Waals surface area (Å²) in [6.07, 6.45) is 0. The molecule has 0 aromatic carbocycles. The van der Waals surface area contributed by atoms with Gasteiger partial charge in [-0.05, 0) is 0 Å². The molecular weight excluding hydrogens is 150 g/mol. The van der Waals surface area contributed by atoms with E-state index >= 15 is 0 Å². The van der Waals surface area contributed by atoms with Gasteiger partial charge in [-0.1, -0.05) is 0 Å². The Morgan fingerprint density at radius 1 is 1.40 bits per heavy atom. The van der Waals surface area contributed by atoms with Crippen molar-refractivity contribution in [2.24, 2.45) is 0 Å². The van der Waals surface area contributed by atoms with E-state index in [9.17, 15) is 0 Å². The smallest absolute Gasteiger partial charge is 1.00 e. The van der Waals surface area contributed by atoms with E-state index in [2.05, 4.69) is 11.9 Å². The van der Waals surface area contributed by atoms with Gasteiger partial charge in [0.15, 0.2) is 0 Å². The number of halogens is 2. The second-order valence-electron chi connectivity index (χ2n) is 0. The molecule has 0 saturated heterocycles. The van der Waals surface area contributed by atoms with Crippen LogP contribution in [0.15, 0.2) is 0 Å². The average Bonchev–Trinajstić information content (AvgIpc) is 1.00. The largest absolute Gasteiger partial charge is 2.00 e. The zero-order valence-electron chi connectivity index (χ0n) is 5.94. The fourth-order valence-electron chi connectivity index (χ4n) is 0. The van der Waals surface area contributed by atoms with Gasteiger partial charge in [-0.25, -0.2) is 0 Å². The van der Waals surface area contributed by atoms with Gasteiger partial charge < -0.3 is 4.28 Å². The summed E-state index contributed by atoms with van der Waals surface area (Å²) in [4.78, 5) is 0. The molecule has 0 atom stereocenters. The van der Waals surface area contributed by atoms with Crippen molar-refractivity contribution in [1.29, 1.82) is 0 Å². The maximum Gasteiger partial charge on any atom is 2.00 e. The molecule has 0 spiro atoms. The minimum Gasteiger partial charge on any atom is -1.00 e. The molecule has 5 heavy (non-hydrogen) atoms. The number of hydrogen-bond acceptors (Lipinski definition) is 1. The van der Waals surface area contributed by atoms with Gasteiger partial charge in [0.1, 0.15) is 0 Å². The molecule has 0 fully saturated rings. The predicted molar refractivity (Wildman–Crippen MR) is 24.4 cm³/mol. The molecular formula is H5CaCl2NaO. The van der Waals surface area contributed by atoms with Crippen molar-refractivity contribution in [2.45, 2.75) is 0 Å². The third kappa shape index (κ3) is 20.0. The van der Waals surface area contributed by atoms with E-state index in [0.717, 1.165) is 0 Å². The van der Waals surface area contributed by atoms with E-state index in [1.807, 2.05) is 0 Å². The quantitative estimate of drug-likeness (QED) is 0.384.